The summed E-state index contributed by atoms with van der Waals surface area (Å²) >= 11 is 1.37. The predicted molar refractivity (Wildman–Crippen MR) is 114 cm³/mol. The highest BCUT2D eigenvalue weighted by Gasteiger charge is 2.28. The van der Waals surface area contributed by atoms with Crippen LogP contribution in [0, 0.1) is 11.6 Å². The molecule has 10 heteroatoms. The lowest BCUT2D eigenvalue weighted by Gasteiger charge is -2.26. The molecule has 0 aliphatic rings. The molecule has 0 radical (unpaired) electrons. The molecule has 164 valence electrons. The van der Waals surface area contributed by atoms with E-state index >= 15 is 0 Å². The van der Waals surface area contributed by atoms with Gasteiger partial charge in [-0.1, -0.05) is 0 Å². The first-order valence-electron chi connectivity index (χ1n) is 9.43. The lowest BCUT2D eigenvalue weighted by molar-refractivity contribution is -0.120. The number of rotatable bonds is 5. The van der Waals surface area contributed by atoms with Crippen molar-refractivity contribution in [2.75, 3.05) is 11.9 Å². The number of carbonyl (C=O) groups excluding carboxylic acids is 2. The summed E-state index contributed by atoms with van der Waals surface area (Å²) < 4.78 is 32.5. The van der Waals surface area contributed by atoms with E-state index in [9.17, 15) is 18.4 Å². The number of halogens is 2. The molecule has 0 aliphatic carbocycles. The van der Waals surface area contributed by atoms with Crippen molar-refractivity contribution in [3.05, 3.63) is 53.2 Å². The number of likely N-dealkylation sites (N-methyl/N-ethyl adjacent to an activating group) is 1. The number of amides is 2. The highest BCUT2D eigenvalue weighted by atomic mass is 32.1. The molecule has 0 bridgehead atoms. The van der Waals surface area contributed by atoms with Crippen LogP contribution in [0.25, 0.3) is 10.3 Å². The van der Waals surface area contributed by atoms with Crippen molar-refractivity contribution < 1.29 is 23.1 Å². The van der Waals surface area contributed by atoms with Gasteiger partial charge in [0.25, 0.3) is 0 Å². The van der Waals surface area contributed by atoms with E-state index in [1.807, 2.05) is 0 Å². The number of alkyl carbamates (subject to hydrolysis) is 1. The minimum absolute atomic E-state index is 0.135. The predicted octanol–water partition coefficient (Wildman–Crippen LogP) is 4.07. The second kappa shape index (κ2) is 8.93. The van der Waals surface area contributed by atoms with E-state index in [-0.39, 0.29) is 12.0 Å². The minimum atomic E-state index is -1.13. The quantitative estimate of drug-likeness (QED) is 0.636. The summed E-state index contributed by atoms with van der Waals surface area (Å²) in [5, 5.41) is 2.51. The number of nitrogens with one attached hydrogen (secondary N) is 1. The molecule has 1 aromatic carbocycles. The van der Waals surface area contributed by atoms with Crippen molar-refractivity contribution in [2.24, 2.45) is 0 Å². The SMILES string of the molecule is CN(C(=O)[C@H](Cc1cc(F)cc(F)c1)NC(=O)OC(C)(C)C)c1cnc2scnc2c1. The molecule has 7 nitrogen and oxygen atoms in total. The summed E-state index contributed by atoms with van der Waals surface area (Å²) in [6, 6.07) is 3.53. The maximum Gasteiger partial charge on any atom is 0.408 e. The van der Waals surface area contributed by atoms with Gasteiger partial charge in [0.15, 0.2) is 0 Å². The fourth-order valence-corrected chi connectivity index (χ4v) is 3.52. The van der Waals surface area contributed by atoms with E-state index in [1.165, 1.54) is 29.5 Å². The number of aromatic nitrogens is 2. The molecule has 0 spiro atoms. The number of nitrogens with zero attached hydrogens (tertiary/aromatic N) is 3. The van der Waals surface area contributed by atoms with Crippen LogP contribution in [0.3, 0.4) is 0 Å². The van der Waals surface area contributed by atoms with Crippen LogP contribution in [0.15, 0.2) is 36.0 Å². The van der Waals surface area contributed by atoms with Gasteiger partial charge in [-0.3, -0.25) is 4.79 Å². The molecule has 1 atom stereocenters. The van der Waals surface area contributed by atoms with Gasteiger partial charge in [-0.2, -0.15) is 0 Å². The molecule has 0 aliphatic heterocycles. The van der Waals surface area contributed by atoms with Gasteiger partial charge in [0, 0.05) is 19.5 Å². The summed E-state index contributed by atoms with van der Waals surface area (Å²) in [7, 11) is 1.52. The normalized spacial score (nSPS) is 12.5. The van der Waals surface area contributed by atoms with Crippen molar-refractivity contribution in [1.82, 2.24) is 15.3 Å². The molecule has 0 saturated heterocycles. The maximum absolute atomic E-state index is 13.6. The molecule has 3 rings (SSSR count). The largest absolute Gasteiger partial charge is 0.444 e. The van der Waals surface area contributed by atoms with E-state index in [0.29, 0.717) is 11.2 Å². The third kappa shape index (κ3) is 5.94. The van der Waals surface area contributed by atoms with E-state index in [1.54, 1.807) is 32.3 Å². The molecule has 2 aromatic heterocycles. The summed E-state index contributed by atoms with van der Waals surface area (Å²) in [4.78, 5) is 36.0. The van der Waals surface area contributed by atoms with Crippen LogP contribution in [0.2, 0.25) is 0 Å². The summed E-state index contributed by atoms with van der Waals surface area (Å²) in [5.74, 6) is -2.05. The lowest BCUT2D eigenvalue weighted by Crippen LogP contribution is -2.50. The van der Waals surface area contributed by atoms with Crippen LogP contribution in [-0.4, -0.2) is 40.7 Å². The smallest absolute Gasteiger partial charge is 0.408 e. The second-order valence-corrected chi connectivity index (χ2v) is 8.78. The topological polar surface area (TPSA) is 84.4 Å². The van der Waals surface area contributed by atoms with Crippen molar-refractivity contribution in [3.63, 3.8) is 0 Å². The Balaban J connectivity index is 1.87. The molecule has 2 heterocycles. The summed E-state index contributed by atoms with van der Waals surface area (Å²) in [6.45, 7) is 5.06. The lowest BCUT2D eigenvalue weighted by atomic mass is 10.0. The first kappa shape index (κ1) is 22.5. The molecule has 0 fully saturated rings. The molecule has 0 unspecified atom stereocenters. The standard InChI is InChI=1S/C21H22F2N4O3S/c1-21(2,3)30-20(29)26-17(7-12-5-13(22)8-14(23)6-12)19(28)27(4)15-9-16-18(24-10-15)31-11-25-16/h5-6,8-11,17H,7H2,1-4H3,(H,26,29)/t17-/m0/s1. The number of thiazole rings is 1. The van der Waals surface area contributed by atoms with Gasteiger partial charge in [-0.05, 0) is 44.5 Å². The first-order chi connectivity index (χ1) is 14.5. The zero-order valence-electron chi connectivity index (χ0n) is 17.5. The van der Waals surface area contributed by atoms with Crippen LogP contribution in [0.5, 0.6) is 0 Å². The first-order valence-corrected chi connectivity index (χ1v) is 10.3. The summed E-state index contributed by atoms with van der Waals surface area (Å²) in [6.07, 6.45) is 0.568. The van der Waals surface area contributed by atoms with Gasteiger partial charge in [0.2, 0.25) is 5.91 Å². The van der Waals surface area contributed by atoms with E-state index in [2.05, 4.69) is 15.3 Å². The van der Waals surface area contributed by atoms with Crippen molar-refractivity contribution >= 4 is 39.4 Å². The Morgan fingerprint density at radius 2 is 1.84 bits per heavy atom. The van der Waals surface area contributed by atoms with Crippen molar-refractivity contribution in [3.8, 4) is 0 Å². The number of benzene rings is 1. The Bertz CT molecular complexity index is 1090. The molecule has 2 amide bonds. The van der Waals surface area contributed by atoms with Crippen LogP contribution in [-0.2, 0) is 16.0 Å². The number of pyridine rings is 1. The zero-order valence-corrected chi connectivity index (χ0v) is 18.3. The third-order valence-electron chi connectivity index (χ3n) is 4.24. The molecule has 3 aromatic rings. The fraction of sp³-hybridized carbons (Fsp3) is 0.333. The number of carbonyl (C=O) groups is 2. The van der Waals surface area contributed by atoms with E-state index < -0.39 is 35.3 Å². The highest BCUT2D eigenvalue weighted by Crippen LogP contribution is 2.22. The van der Waals surface area contributed by atoms with E-state index in [0.717, 1.165) is 23.0 Å². The minimum Gasteiger partial charge on any atom is -0.444 e. The Hall–Kier alpha value is -3.14. The number of fused-ring (bicyclic) bond motifs is 1. The van der Waals surface area contributed by atoms with Gasteiger partial charge in [-0.15, -0.1) is 11.3 Å². The second-order valence-electron chi connectivity index (χ2n) is 7.95. The Morgan fingerprint density at radius 1 is 1.16 bits per heavy atom. The van der Waals surface area contributed by atoms with Crippen LogP contribution in [0.1, 0.15) is 26.3 Å². The van der Waals surface area contributed by atoms with Gasteiger partial charge in [0.05, 0.1) is 17.4 Å². The Morgan fingerprint density at radius 3 is 2.48 bits per heavy atom. The van der Waals surface area contributed by atoms with Crippen LogP contribution in [0.4, 0.5) is 19.3 Å². The monoisotopic (exact) mass is 448 g/mol. The number of hydrogen-bond acceptors (Lipinski definition) is 6. The van der Waals surface area contributed by atoms with Gasteiger partial charge < -0.3 is 15.0 Å². The maximum atomic E-state index is 13.6. The van der Waals surface area contributed by atoms with Crippen molar-refractivity contribution in [2.45, 2.75) is 38.8 Å². The Kier molecular flexibility index (Phi) is 6.49. The van der Waals surface area contributed by atoms with Gasteiger partial charge in [0.1, 0.15) is 33.6 Å². The average Bonchev–Trinajstić information content (AvgIpc) is 3.11. The van der Waals surface area contributed by atoms with Gasteiger partial charge >= 0.3 is 6.09 Å². The zero-order chi connectivity index (χ0) is 22.8. The number of ether oxygens (including phenoxy) is 1. The van der Waals surface area contributed by atoms with Gasteiger partial charge in [-0.25, -0.2) is 23.5 Å². The van der Waals surface area contributed by atoms with Crippen LogP contribution >= 0.6 is 11.3 Å². The number of hydrogen-bond donors (Lipinski definition) is 1. The molecular formula is C21H22F2N4O3S. The molecule has 1 N–H and O–H groups in total. The number of anilines is 1. The molecule has 31 heavy (non-hydrogen) atoms. The average molecular weight is 448 g/mol. The highest BCUT2D eigenvalue weighted by molar-refractivity contribution is 7.16. The molecule has 0 saturated carbocycles. The Labute approximate surface area is 182 Å². The fourth-order valence-electron chi connectivity index (χ4n) is 2.91. The molecular weight excluding hydrogens is 426 g/mol. The van der Waals surface area contributed by atoms with E-state index in [4.69, 9.17) is 4.74 Å². The van der Waals surface area contributed by atoms with Crippen molar-refractivity contribution in [1.29, 1.82) is 0 Å². The third-order valence-corrected chi connectivity index (χ3v) is 4.99. The summed E-state index contributed by atoms with van der Waals surface area (Å²) in [5.41, 5.74) is 2.17. The van der Waals surface area contributed by atoms with Crippen LogP contribution < -0.4 is 10.2 Å².